The smallest absolute Gasteiger partial charge is 0.323 e. The average Bonchev–Trinajstić information content (AvgIpc) is 3.32. The molecule has 2 amide bonds. The van der Waals surface area contributed by atoms with Crippen molar-refractivity contribution in [3.8, 4) is 5.75 Å². The quantitative estimate of drug-likeness (QED) is 0.727. The highest BCUT2D eigenvalue weighted by Crippen LogP contribution is 2.36. The maximum Gasteiger partial charge on any atom is 0.323 e. The van der Waals surface area contributed by atoms with Gasteiger partial charge < -0.3 is 15.4 Å². The number of aromatic nitrogens is 3. The molecule has 0 unspecified atom stereocenters. The molecule has 1 aliphatic rings. The lowest BCUT2D eigenvalue weighted by atomic mass is 10.1. The molecular weight excluding hydrogens is 342 g/mol. The van der Waals surface area contributed by atoms with Crippen LogP contribution in [0.25, 0.3) is 0 Å². The van der Waals surface area contributed by atoms with E-state index < -0.39 is 0 Å². The summed E-state index contributed by atoms with van der Waals surface area (Å²) in [6.45, 7) is 0.546. The molecule has 7 heteroatoms. The van der Waals surface area contributed by atoms with Gasteiger partial charge in [0.05, 0.1) is 36.9 Å². The molecule has 3 aromatic rings. The number of rotatable bonds is 5. The zero-order valence-corrected chi connectivity index (χ0v) is 15.1. The van der Waals surface area contributed by atoms with Crippen molar-refractivity contribution in [2.75, 3.05) is 17.7 Å². The van der Waals surface area contributed by atoms with Crippen molar-refractivity contribution in [3.63, 3.8) is 0 Å². The predicted octanol–water partition coefficient (Wildman–Crippen LogP) is 3.47. The molecule has 4 rings (SSSR count). The summed E-state index contributed by atoms with van der Waals surface area (Å²) in [5.41, 5.74) is 4.71. The molecule has 138 valence electrons. The van der Waals surface area contributed by atoms with Crippen LogP contribution in [-0.2, 0) is 19.4 Å². The van der Waals surface area contributed by atoms with Crippen LogP contribution in [0.2, 0.25) is 0 Å². The lowest BCUT2D eigenvalue weighted by Crippen LogP contribution is -2.20. The predicted molar refractivity (Wildman–Crippen MR) is 103 cm³/mol. The van der Waals surface area contributed by atoms with Crippen molar-refractivity contribution >= 4 is 17.4 Å². The molecule has 0 atom stereocenters. The van der Waals surface area contributed by atoms with Crippen LogP contribution in [0.5, 0.6) is 5.75 Å². The van der Waals surface area contributed by atoms with E-state index in [-0.39, 0.29) is 6.03 Å². The summed E-state index contributed by atoms with van der Waals surface area (Å²) >= 11 is 0. The Morgan fingerprint density at radius 1 is 1.22 bits per heavy atom. The maximum absolute atomic E-state index is 12.5. The number of ether oxygens (including phenoxy) is 1. The van der Waals surface area contributed by atoms with Gasteiger partial charge in [-0.3, -0.25) is 9.67 Å². The van der Waals surface area contributed by atoms with Crippen LogP contribution in [0.3, 0.4) is 0 Å². The number of anilines is 2. The van der Waals surface area contributed by atoms with Crippen LogP contribution in [-0.4, -0.2) is 27.9 Å². The summed E-state index contributed by atoms with van der Waals surface area (Å²) in [5.74, 6) is 0.677. The topological polar surface area (TPSA) is 81.1 Å². The molecule has 0 radical (unpaired) electrons. The number of carbonyl (C=O) groups excluding carboxylic acids is 1. The van der Waals surface area contributed by atoms with Crippen molar-refractivity contribution in [2.24, 2.45) is 0 Å². The van der Waals surface area contributed by atoms with E-state index in [1.807, 2.05) is 24.3 Å². The molecule has 0 fully saturated rings. The minimum absolute atomic E-state index is 0.314. The molecule has 0 aliphatic heterocycles. The van der Waals surface area contributed by atoms with Crippen molar-refractivity contribution < 1.29 is 9.53 Å². The summed E-state index contributed by atoms with van der Waals surface area (Å²) in [5, 5.41) is 10.0. The van der Waals surface area contributed by atoms with Crippen molar-refractivity contribution in [2.45, 2.75) is 25.8 Å². The van der Waals surface area contributed by atoms with Gasteiger partial charge in [0.2, 0.25) is 0 Å². The number of pyridine rings is 1. The Morgan fingerprint density at radius 2 is 2.15 bits per heavy atom. The van der Waals surface area contributed by atoms with Gasteiger partial charge in [-0.2, -0.15) is 5.10 Å². The Hall–Kier alpha value is -3.35. The molecule has 0 bridgehead atoms. The Bertz CT molecular complexity index is 952. The number of amides is 2. The lowest BCUT2D eigenvalue weighted by Gasteiger charge is -2.15. The number of fused-ring (bicyclic) bond motifs is 1. The van der Waals surface area contributed by atoms with E-state index in [4.69, 9.17) is 4.74 Å². The number of aryl methyl sites for hydroxylation is 1. The highest BCUT2D eigenvalue weighted by atomic mass is 16.5. The van der Waals surface area contributed by atoms with Crippen LogP contribution in [0.4, 0.5) is 16.2 Å². The summed E-state index contributed by atoms with van der Waals surface area (Å²) in [7, 11) is 1.61. The van der Waals surface area contributed by atoms with Gasteiger partial charge in [-0.15, -0.1) is 0 Å². The highest BCUT2D eigenvalue weighted by Gasteiger charge is 2.20. The second-order valence-electron chi connectivity index (χ2n) is 6.46. The van der Waals surface area contributed by atoms with E-state index in [9.17, 15) is 4.79 Å². The largest absolute Gasteiger partial charge is 0.495 e. The number of urea groups is 1. The molecule has 1 aromatic carbocycles. The average molecular weight is 363 g/mol. The molecular formula is C20H21N5O2. The first-order valence-electron chi connectivity index (χ1n) is 8.92. The van der Waals surface area contributed by atoms with E-state index in [1.54, 1.807) is 30.4 Å². The van der Waals surface area contributed by atoms with E-state index in [0.717, 1.165) is 36.2 Å². The molecule has 0 saturated carbocycles. The van der Waals surface area contributed by atoms with Crippen LogP contribution in [0.15, 0.2) is 48.9 Å². The monoisotopic (exact) mass is 363 g/mol. The first kappa shape index (κ1) is 17.1. The van der Waals surface area contributed by atoms with E-state index >= 15 is 0 Å². The zero-order chi connectivity index (χ0) is 18.6. The van der Waals surface area contributed by atoms with Gasteiger partial charge in [-0.25, -0.2) is 4.79 Å². The fourth-order valence-corrected chi connectivity index (χ4v) is 3.40. The van der Waals surface area contributed by atoms with Gasteiger partial charge in [-0.1, -0.05) is 12.1 Å². The molecule has 27 heavy (non-hydrogen) atoms. The fraction of sp³-hybridized carbons (Fsp3) is 0.250. The van der Waals surface area contributed by atoms with Gasteiger partial charge in [-0.05, 0) is 48.6 Å². The van der Waals surface area contributed by atoms with Gasteiger partial charge in [0.25, 0.3) is 0 Å². The summed E-state index contributed by atoms with van der Waals surface area (Å²) < 4.78 is 7.16. The zero-order valence-electron chi connectivity index (χ0n) is 15.1. The van der Waals surface area contributed by atoms with Crippen LogP contribution < -0.4 is 15.4 Å². The maximum atomic E-state index is 12.5. The van der Waals surface area contributed by atoms with E-state index in [0.29, 0.717) is 18.0 Å². The number of methoxy groups -OCH3 is 1. The minimum atomic E-state index is -0.314. The van der Waals surface area contributed by atoms with Gasteiger partial charge >= 0.3 is 6.03 Å². The molecule has 0 saturated heterocycles. The molecule has 2 heterocycles. The molecule has 1 aliphatic carbocycles. The minimum Gasteiger partial charge on any atom is -0.495 e. The second-order valence-corrected chi connectivity index (χ2v) is 6.46. The first-order valence-corrected chi connectivity index (χ1v) is 8.92. The fourth-order valence-electron chi connectivity index (χ4n) is 3.40. The number of nitrogens with zero attached hydrogens (tertiary/aromatic N) is 3. The Balaban J connectivity index is 1.44. The van der Waals surface area contributed by atoms with Crippen LogP contribution in [0, 0.1) is 0 Å². The summed E-state index contributed by atoms with van der Waals surface area (Å²) in [6.07, 6.45) is 8.23. The number of carbonyl (C=O) groups is 1. The molecule has 7 nitrogen and oxygen atoms in total. The van der Waals surface area contributed by atoms with Crippen molar-refractivity contribution in [3.05, 3.63) is 65.7 Å². The Morgan fingerprint density at radius 3 is 2.96 bits per heavy atom. The SMILES string of the molecule is COc1ccc2c(c1NC(=O)Nc1cnn(Cc3ccccn3)c1)CCC2. The number of benzene rings is 1. The van der Waals surface area contributed by atoms with Crippen LogP contribution >= 0.6 is 0 Å². The second kappa shape index (κ2) is 7.49. The van der Waals surface area contributed by atoms with Gasteiger partial charge in [0.1, 0.15) is 5.75 Å². The number of nitrogens with one attached hydrogen (secondary N) is 2. The van der Waals surface area contributed by atoms with Crippen LogP contribution in [0.1, 0.15) is 23.2 Å². The first-order chi connectivity index (χ1) is 13.2. The molecule has 2 aromatic heterocycles. The summed E-state index contributed by atoms with van der Waals surface area (Å²) in [6, 6.07) is 9.41. The Kier molecular flexibility index (Phi) is 4.74. The molecule has 2 N–H and O–H groups in total. The third-order valence-corrected chi connectivity index (χ3v) is 4.64. The number of hydrogen-bond acceptors (Lipinski definition) is 4. The highest BCUT2D eigenvalue weighted by molar-refractivity contribution is 6.01. The lowest BCUT2D eigenvalue weighted by molar-refractivity contribution is 0.262. The van der Waals surface area contributed by atoms with E-state index in [2.05, 4.69) is 26.8 Å². The van der Waals surface area contributed by atoms with Crippen molar-refractivity contribution in [1.29, 1.82) is 0 Å². The number of hydrogen-bond donors (Lipinski definition) is 2. The Labute approximate surface area is 157 Å². The van der Waals surface area contributed by atoms with E-state index in [1.165, 1.54) is 5.56 Å². The van der Waals surface area contributed by atoms with Gasteiger partial charge in [0.15, 0.2) is 0 Å². The normalized spacial score (nSPS) is 12.5. The third kappa shape index (κ3) is 3.76. The standard InChI is InChI=1S/C20H21N5O2/c1-27-18-9-8-14-5-4-7-17(14)19(18)24-20(26)23-16-11-22-25(13-16)12-15-6-2-3-10-21-15/h2-3,6,8-11,13H,4-5,7,12H2,1H3,(H2,23,24,26). The third-order valence-electron chi connectivity index (χ3n) is 4.64. The molecule has 0 spiro atoms. The van der Waals surface area contributed by atoms with Gasteiger partial charge in [0, 0.05) is 12.4 Å². The van der Waals surface area contributed by atoms with Crippen molar-refractivity contribution in [1.82, 2.24) is 14.8 Å². The summed E-state index contributed by atoms with van der Waals surface area (Å²) in [4.78, 5) is 16.8.